The maximum Gasteiger partial charge on any atom is 0.257 e. The van der Waals surface area contributed by atoms with Gasteiger partial charge in [-0.25, -0.2) is 15.0 Å². The second-order valence-electron chi connectivity index (χ2n) is 7.44. The highest BCUT2D eigenvalue weighted by atomic mass is 16.5. The number of methoxy groups -OCH3 is 1. The number of aromatic nitrogens is 5. The van der Waals surface area contributed by atoms with Gasteiger partial charge in [0.15, 0.2) is 0 Å². The van der Waals surface area contributed by atoms with E-state index >= 15 is 0 Å². The summed E-state index contributed by atoms with van der Waals surface area (Å²) in [4.78, 5) is 25.8. The van der Waals surface area contributed by atoms with Gasteiger partial charge in [-0.05, 0) is 44.5 Å². The molecule has 0 bridgehead atoms. The monoisotopic (exact) mass is 431 g/mol. The Morgan fingerprint density at radius 1 is 1.22 bits per heavy atom. The zero-order valence-corrected chi connectivity index (χ0v) is 18.5. The number of carbonyl (C=O) groups excluding carboxylic acids is 1. The first-order valence-corrected chi connectivity index (χ1v) is 10.4. The Hall–Kier alpha value is -4.01. The molecule has 0 unspecified atom stereocenters. The highest BCUT2D eigenvalue weighted by Gasteiger charge is 2.12. The minimum atomic E-state index is -0.233. The summed E-state index contributed by atoms with van der Waals surface area (Å²) in [7, 11) is 1.55. The first kappa shape index (κ1) is 21.2. The number of fused-ring (bicyclic) bond motifs is 1. The van der Waals surface area contributed by atoms with E-state index in [2.05, 4.69) is 30.7 Å². The summed E-state index contributed by atoms with van der Waals surface area (Å²) in [5, 5.41) is 10.7. The third kappa shape index (κ3) is 4.51. The van der Waals surface area contributed by atoms with E-state index < -0.39 is 0 Å². The molecule has 4 rings (SSSR count). The van der Waals surface area contributed by atoms with Crippen LogP contribution in [0.4, 0.5) is 11.5 Å². The fourth-order valence-corrected chi connectivity index (χ4v) is 3.37. The fourth-order valence-electron chi connectivity index (χ4n) is 3.37. The third-order valence-electron chi connectivity index (χ3n) is 5.09. The van der Waals surface area contributed by atoms with E-state index in [4.69, 9.17) is 4.74 Å². The van der Waals surface area contributed by atoms with Crippen LogP contribution in [0, 0.1) is 6.92 Å². The summed E-state index contributed by atoms with van der Waals surface area (Å²) in [6, 6.07) is 9.36. The Bertz CT molecular complexity index is 1270. The topological polar surface area (TPSA) is 107 Å². The Labute approximate surface area is 185 Å². The molecule has 0 aliphatic rings. The largest absolute Gasteiger partial charge is 0.481 e. The first-order chi connectivity index (χ1) is 15.5. The van der Waals surface area contributed by atoms with Gasteiger partial charge < -0.3 is 15.4 Å². The van der Waals surface area contributed by atoms with Gasteiger partial charge in [0.2, 0.25) is 11.5 Å². The van der Waals surface area contributed by atoms with Gasteiger partial charge in [0.05, 0.1) is 31.1 Å². The molecule has 2 N–H and O–H groups in total. The fraction of sp³-hybridized carbons (Fsp3) is 0.261. The van der Waals surface area contributed by atoms with Gasteiger partial charge in [0.1, 0.15) is 11.3 Å². The van der Waals surface area contributed by atoms with Gasteiger partial charge in [-0.3, -0.25) is 9.48 Å². The van der Waals surface area contributed by atoms with Crippen molar-refractivity contribution in [2.45, 2.75) is 33.4 Å². The number of nitrogens with one attached hydrogen (secondary N) is 2. The predicted octanol–water partition coefficient (Wildman–Crippen LogP) is 3.98. The number of hydrogen-bond donors (Lipinski definition) is 2. The lowest BCUT2D eigenvalue weighted by atomic mass is 10.1. The van der Waals surface area contributed by atoms with Crippen molar-refractivity contribution in [3.63, 3.8) is 0 Å². The van der Waals surface area contributed by atoms with Gasteiger partial charge >= 0.3 is 0 Å². The van der Waals surface area contributed by atoms with E-state index in [1.165, 1.54) is 6.20 Å². The molecule has 0 fully saturated rings. The number of nitrogens with zero attached hydrogens (tertiary/aromatic N) is 5. The molecular formula is C23H25N7O2. The lowest BCUT2D eigenvalue weighted by molar-refractivity contribution is 0.102. The van der Waals surface area contributed by atoms with Crippen molar-refractivity contribution >= 4 is 28.6 Å². The number of rotatable bonds is 7. The van der Waals surface area contributed by atoms with Gasteiger partial charge in [-0.2, -0.15) is 5.10 Å². The molecule has 0 spiro atoms. The van der Waals surface area contributed by atoms with Crippen LogP contribution in [0.2, 0.25) is 0 Å². The van der Waals surface area contributed by atoms with Crippen molar-refractivity contribution in [2.75, 3.05) is 17.7 Å². The molecule has 9 heteroatoms. The minimum Gasteiger partial charge on any atom is -0.481 e. The number of ether oxygens (including phenoxy) is 1. The van der Waals surface area contributed by atoms with Crippen LogP contribution in [0.25, 0.3) is 11.2 Å². The van der Waals surface area contributed by atoms with Crippen LogP contribution >= 0.6 is 0 Å². The highest BCUT2D eigenvalue weighted by Crippen LogP contribution is 2.22. The van der Waals surface area contributed by atoms with Crippen LogP contribution in [0.5, 0.6) is 5.88 Å². The van der Waals surface area contributed by atoms with Crippen LogP contribution < -0.4 is 15.4 Å². The van der Waals surface area contributed by atoms with Gasteiger partial charge in [0, 0.05) is 24.0 Å². The smallest absolute Gasteiger partial charge is 0.257 e. The Morgan fingerprint density at radius 3 is 2.81 bits per heavy atom. The molecule has 3 heterocycles. The molecule has 0 aliphatic carbocycles. The number of benzene rings is 1. The lowest BCUT2D eigenvalue weighted by Crippen LogP contribution is -2.14. The van der Waals surface area contributed by atoms with Crippen molar-refractivity contribution in [2.24, 2.45) is 0 Å². The summed E-state index contributed by atoms with van der Waals surface area (Å²) in [5.74, 6) is 0.913. The Morgan fingerprint density at radius 2 is 2.06 bits per heavy atom. The van der Waals surface area contributed by atoms with Gasteiger partial charge in [-0.1, -0.05) is 12.1 Å². The third-order valence-corrected chi connectivity index (χ3v) is 5.09. The van der Waals surface area contributed by atoms with Crippen LogP contribution in [0.15, 0.2) is 48.9 Å². The summed E-state index contributed by atoms with van der Waals surface area (Å²) in [5.41, 5.74) is 4.32. The van der Waals surface area contributed by atoms with E-state index in [0.717, 1.165) is 23.2 Å². The van der Waals surface area contributed by atoms with Crippen molar-refractivity contribution in [3.05, 3.63) is 65.6 Å². The molecule has 0 radical (unpaired) electrons. The number of carbonyl (C=O) groups is 1. The lowest BCUT2D eigenvalue weighted by Gasteiger charge is -2.16. The molecule has 4 aromatic rings. The van der Waals surface area contributed by atoms with Gasteiger partial charge in [0.25, 0.3) is 5.91 Å². The predicted molar refractivity (Wildman–Crippen MR) is 123 cm³/mol. The first-order valence-electron chi connectivity index (χ1n) is 10.4. The second-order valence-corrected chi connectivity index (χ2v) is 7.44. The van der Waals surface area contributed by atoms with Crippen molar-refractivity contribution in [1.29, 1.82) is 0 Å². The van der Waals surface area contributed by atoms with E-state index in [0.29, 0.717) is 28.6 Å². The van der Waals surface area contributed by atoms with Crippen LogP contribution in [0.3, 0.4) is 0 Å². The molecule has 0 aliphatic heterocycles. The number of pyridine rings is 1. The Balaban J connectivity index is 1.47. The maximum atomic E-state index is 12.7. The normalized spacial score (nSPS) is 11.9. The van der Waals surface area contributed by atoms with E-state index in [1.54, 1.807) is 19.4 Å². The molecule has 3 aromatic heterocycles. The standard InChI is InChI=1S/C23H25N7O2/c1-5-30-13-19-21(29-30)28-20(12-24-19)26-15(3)16-7-6-8-18(10-16)27-22(31)17-9-14(2)23(32-4)25-11-17/h6-13,15H,5H2,1-4H3,(H,27,31)(H,26,28,29)/t15-/m0/s1. The SMILES string of the molecule is CCn1cc2ncc(N[C@@H](C)c3cccc(NC(=O)c4cnc(OC)c(C)c4)c3)nc2n1. The van der Waals surface area contributed by atoms with E-state index in [-0.39, 0.29) is 11.9 Å². The summed E-state index contributed by atoms with van der Waals surface area (Å²) >= 11 is 0. The highest BCUT2D eigenvalue weighted by molar-refractivity contribution is 6.04. The maximum absolute atomic E-state index is 12.7. The molecule has 32 heavy (non-hydrogen) atoms. The van der Waals surface area contributed by atoms with Gasteiger partial charge in [-0.15, -0.1) is 0 Å². The van der Waals surface area contributed by atoms with Crippen LogP contribution in [0.1, 0.15) is 41.4 Å². The number of hydrogen-bond acceptors (Lipinski definition) is 7. The molecule has 1 aromatic carbocycles. The summed E-state index contributed by atoms with van der Waals surface area (Å²) in [6.45, 7) is 6.66. The number of aryl methyl sites for hydroxylation is 2. The van der Waals surface area contributed by atoms with E-state index in [1.807, 2.05) is 55.9 Å². The molecule has 164 valence electrons. The molecule has 9 nitrogen and oxygen atoms in total. The molecular weight excluding hydrogens is 406 g/mol. The van der Waals surface area contributed by atoms with Crippen LogP contribution in [-0.2, 0) is 6.54 Å². The Kier molecular flexibility index (Phi) is 5.98. The van der Waals surface area contributed by atoms with Crippen molar-refractivity contribution in [3.8, 4) is 5.88 Å². The molecule has 0 saturated heterocycles. The minimum absolute atomic E-state index is 0.0586. The average Bonchev–Trinajstić information content (AvgIpc) is 3.21. The zero-order valence-electron chi connectivity index (χ0n) is 18.5. The number of amides is 1. The summed E-state index contributed by atoms with van der Waals surface area (Å²) in [6.07, 6.45) is 5.08. The molecule has 0 saturated carbocycles. The van der Waals surface area contributed by atoms with Crippen molar-refractivity contribution in [1.82, 2.24) is 24.7 Å². The number of anilines is 2. The van der Waals surface area contributed by atoms with Crippen LogP contribution in [-0.4, -0.2) is 37.7 Å². The molecule has 1 atom stereocenters. The second kappa shape index (κ2) is 9.01. The van der Waals surface area contributed by atoms with E-state index in [9.17, 15) is 4.79 Å². The summed E-state index contributed by atoms with van der Waals surface area (Å²) < 4.78 is 6.96. The van der Waals surface area contributed by atoms with Crippen molar-refractivity contribution < 1.29 is 9.53 Å². The molecule has 1 amide bonds. The quantitative estimate of drug-likeness (QED) is 0.456. The average molecular weight is 432 g/mol. The zero-order chi connectivity index (χ0) is 22.7.